The molecule has 0 radical (unpaired) electrons. The number of fused-ring (bicyclic) bond motifs is 1. The molecule has 2 aromatic carbocycles. The minimum Gasteiger partial charge on any atom is -0.496 e. The van der Waals surface area contributed by atoms with Gasteiger partial charge in [0.05, 0.1) is 31.0 Å². The van der Waals surface area contributed by atoms with Crippen molar-refractivity contribution in [3.8, 4) is 11.5 Å². The summed E-state index contributed by atoms with van der Waals surface area (Å²) in [5.41, 5.74) is 2.22. The molecule has 0 atom stereocenters. The minimum absolute atomic E-state index is 0.0377. The molecule has 164 valence electrons. The van der Waals surface area contributed by atoms with Gasteiger partial charge in [-0.3, -0.25) is 9.59 Å². The first-order valence-corrected chi connectivity index (χ1v) is 10.8. The predicted molar refractivity (Wildman–Crippen MR) is 120 cm³/mol. The summed E-state index contributed by atoms with van der Waals surface area (Å²) in [5.74, 6) is 0.188. The highest BCUT2D eigenvalue weighted by molar-refractivity contribution is 7.16. The van der Waals surface area contributed by atoms with Gasteiger partial charge in [-0.05, 0) is 42.7 Å². The van der Waals surface area contributed by atoms with Crippen molar-refractivity contribution in [1.29, 1.82) is 0 Å². The summed E-state index contributed by atoms with van der Waals surface area (Å²) in [6, 6.07) is 11.1. The number of carbonyl (C=O) groups excluding carboxylic acids is 2. The quantitative estimate of drug-likeness (QED) is 0.514. The van der Waals surface area contributed by atoms with Gasteiger partial charge in [0.2, 0.25) is 0 Å². The number of thiazole rings is 1. The largest absolute Gasteiger partial charge is 0.496 e. The third-order valence-corrected chi connectivity index (χ3v) is 5.85. The zero-order valence-electron chi connectivity index (χ0n) is 18.3. The maximum Gasteiger partial charge on any atom is 0.326 e. The van der Waals surface area contributed by atoms with E-state index in [1.807, 2.05) is 12.1 Å². The SMILES string of the molecule is CCOC(=O)Cn1c(=NC(=O)c2c(OC)cccc2OC)sc2cc(C(C)C)ccc21. The van der Waals surface area contributed by atoms with Crippen molar-refractivity contribution in [2.75, 3.05) is 20.8 Å². The summed E-state index contributed by atoms with van der Waals surface area (Å²) in [5, 5.41) is 0. The number of carbonyl (C=O) groups is 2. The number of esters is 1. The lowest BCUT2D eigenvalue weighted by atomic mass is 10.0. The van der Waals surface area contributed by atoms with Crippen LogP contribution in [0.1, 0.15) is 42.6 Å². The Morgan fingerprint density at radius 1 is 1.10 bits per heavy atom. The molecule has 1 amide bonds. The normalized spacial score (nSPS) is 11.7. The van der Waals surface area contributed by atoms with Crippen molar-refractivity contribution in [2.24, 2.45) is 4.99 Å². The molecular weight excluding hydrogens is 416 g/mol. The van der Waals surface area contributed by atoms with Crippen LogP contribution in [0.25, 0.3) is 10.2 Å². The van der Waals surface area contributed by atoms with Crippen molar-refractivity contribution < 1.29 is 23.8 Å². The van der Waals surface area contributed by atoms with E-state index in [-0.39, 0.29) is 24.7 Å². The first-order valence-electron chi connectivity index (χ1n) is 9.98. The van der Waals surface area contributed by atoms with Crippen LogP contribution < -0.4 is 14.3 Å². The van der Waals surface area contributed by atoms with Gasteiger partial charge >= 0.3 is 5.97 Å². The minimum atomic E-state index is -0.512. The van der Waals surface area contributed by atoms with Gasteiger partial charge in [0.25, 0.3) is 5.91 Å². The molecule has 3 aromatic rings. The lowest BCUT2D eigenvalue weighted by molar-refractivity contribution is -0.143. The van der Waals surface area contributed by atoms with Gasteiger partial charge in [0, 0.05) is 0 Å². The molecule has 7 nitrogen and oxygen atoms in total. The van der Waals surface area contributed by atoms with E-state index >= 15 is 0 Å². The monoisotopic (exact) mass is 442 g/mol. The summed E-state index contributed by atoms with van der Waals surface area (Å²) in [6.45, 7) is 6.23. The number of amides is 1. The molecule has 0 aliphatic carbocycles. The van der Waals surface area contributed by atoms with Crippen molar-refractivity contribution in [2.45, 2.75) is 33.2 Å². The Bertz CT molecular complexity index is 1150. The van der Waals surface area contributed by atoms with Crippen LogP contribution in [0, 0.1) is 0 Å². The van der Waals surface area contributed by atoms with Crippen LogP contribution in [-0.4, -0.2) is 37.3 Å². The van der Waals surface area contributed by atoms with Crippen molar-refractivity contribution in [3.05, 3.63) is 52.3 Å². The van der Waals surface area contributed by atoms with Crippen molar-refractivity contribution in [3.63, 3.8) is 0 Å². The van der Waals surface area contributed by atoms with Gasteiger partial charge in [-0.2, -0.15) is 4.99 Å². The Morgan fingerprint density at radius 3 is 2.35 bits per heavy atom. The van der Waals surface area contributed by atoms with E-state index < -0.39 is 5.91 Å². The first-order chi connectivity index (χ1) is 14.9. The average Bonchev–Trinajstić information content (AvgIpc) is 3.08. The molecule has 0 unspecified atom stereocenters. The topological polar surface area (TPSA) is 79.1 Å². The molecule has 8 heteroatoms. The van der Waals surface area contributed by atoms with E-state index in [0.717, 1.165) is 10.2 Å². The number of hydrogen-bond donors (Lipinski definition) is 0. The van der Waals surface area contributed by atoms with Gasteiger partial charge in [-0.25, -0.2) is 0 Å². The number of hydrogen-bond acceptors (Lipinski definition) is 6. The van der Waals surface area contributed by atoms with Crippen molar-refractivity contribution in [1.82, 2.24) is 4.57 Å². The molecule has 0 saturated heterocycles. The Morgan fingerprint density at radius 2 is 1.77 bits per heavy atom. The highest BCUT2D eigenvalue weighted by Gasteiger charge is 2.19. The maximum atomic E-state index is 13.1. The van der Waals surface area contributed by atoms with Crippen LogP contribution in [0.2, 0.25) is 0 Å². The fraction of sp³-hybridized carbons (Fsp3) is 0.348. The van der Waals surface area contributed by atoms with Crippen LogP contribution in [0.3, 0.4) is 0 Å². The second kappa shape index (κ2) is 9.78. The number of ether oxygens (including phenoxy) is 3. The van der Waals surface area contributed by atoms with Gasteiger partial charge in [0.15, 0.2) is 4.80 Å². The third kappa shape index (κ3) is 4.80. The molecule has 3 rings (SSSR count). The Hall–Kier alpha value is -3.13. The summed E-state index contributed by atoms with van der Waals surface area (Å²) < 4.78 is 18.4. The maximum absolute atomic E-state index is 13.1. The van der Waals surface area contributed by atoms with Crippen LogP contribution in [-0.2, 0) is 16.1 Å². The van der Waals surface area contributed by atoms with E-state index in [0.29, 0.717) is 22.2 Å². The number of aromatic nitrogens is 1. The Kier molecular flexibility index (Phi) is 7.12. The molecular formula is C23H26N2O5S. The molecule has 0 saturated carbocycles. The van der Waals surface area contributed by atoms with E-state index in [1.165, 1.54) is 31.1 Å². The smallest absolute Gasteiger partial charge is 0.326 e. The second-order valence-corrected chi connectivity index (χ2v) is 8.12. The second-order valence-electron chi connectivity index (χ2n) is 7.11. The van der Waals surface area contributed by atoms with E-state index in [2.05, 4.69) is 24.9 Å². The van der Waals surface area contributed by atoms with Gasteiger partial charge in [0.1, 0.15) is 23.6 Å². The number of benzene rings is 2. The number of nitrogens with zero attached hydrogens (tertiary/aromatic N) is 2. The van der Waals surface area contributed by atoms with Crippen LogP contribution in [0.15, 0.2) is 41.4 Å². The summed E-state index contributed by atoms with van der Waals surface area (Å²) in [4.78, 5) is 30.1. The molecule has 31 heavy (non-hydrogen) atoms. The standard InChI is InChI=1S/C23H26N2O5S/c1-6-30-20(26)13-25-16-11-10-15(14(2)3)12-19(16)31-23(25)24-22(27)21-17(28-4)8-7-9-18(21)29-5/h7-12,14H,6,13H2,1-5H3. The molecule has 1 heterocycles. The number of methoxy groups -OCH3 is 2. The average molecular weight is 443 g/mol. The molecule has 0 bridgehead atoms. The first kappa shape index (κ1) is 22.6. The summed E-state index contributed by atoms with van der Waals surface area (Å²) in [6.07, 6.45) is 0. The summed E-state index contributed by atoms with van der Waals surface area (Å²) in [7, 11) is 2.97. The highest BCUT2D eigenvalue weighted by atomic mass is 32.1. The fourth-order valence-electron chi connectivity index (χ4n) is 3.23. The molecule has 0 aliphatic heterocycles. The molecule has 0 fully saturated rings. The molecule has 1 aromatic heterocycles. The fourth-order valence-corrected chi connectivity index (χ4v) is 4.30. The molecule has 0 aliphatic rings. The third-order valence-electron chi connectivity index (χ3n) is 4.80. The Balaban J connectivity index is 2.19. The highest BCUT2D eigenvalue weighted by Crippen LogP contribution is 2.29. The Labute approximate surface area is 184 Å². The lowest BCUT2D eigenvalue weighted by Gasteiger charge is -2.10. The van der Waals surface area contributed by atoms with Gasteiger partial charge in [-0.15, -0.1) is 0 Å². The van der Waals surface area contributed by atoms with Crippen molar-refractivity contribution >= 4 is 33.4 Å². The van der Waals surface area contributed by atoms with E-state index in [1.54, 1.807) is 29.7 Å². The predicted octanol–water partition coefficient (Wildman–Crippen LogP) is 4.15. The zero-order chi connectivity index (χ0) is 22.5. The molecule has 0 spiro atoms. The lowest BCUT2D eigenvalue weighted by Crippen LogP contribution is -2.23. The zero-order valence-corrected chi connectivity index (χ0v) is 19.1. The van der Waals surface area contributed by atoms with Crippen LogP contribution in [0.4, 0.5) is 0 Å². The van der Waals surface area contributed by atoms with E-state index in [4.69, 9.17) is 14.2 Å². The van der Waals surface area contributed by atoms with Crippen LogP contribution >= 0.6 is 11.3 Å². The van der Waals surface area contributed by atoms with Gasteiger partial charge < -0.3 is 18.8 Å². The number of rotatable bonds is 7. The van der Waals surface area contributed by atoms with E-state index in [9.17, 15) is 9.59 Å². The molecule has 0 N–H and O–H groups in total. The van der Waals surface area contributed by atoms with Crippen LogP contribution in [0.5, 0.6) is 11.5 Å². The van der Waals surface area contributed by atoms with Gasteiger partial charge in [-0.1, -0.05) is 37.3 Å². The summed E-state index contributed by atoms with van der Waals surface area (Å²) >= 11 is 1.35.